The van der Waals surface area contributed by atoms with Gasteiger partial charge in [0.1, 0.15) is 0 Å². The Morgan fingerprint density at radius 2 is 2.11 bits per heavy atom. The molecule has 0 saturated carbocycles. The molecule has 0 bridgehead atoms. The number of nitrogens with zero attached hydrogens (tertiary/aromatic N) is 2. The molecule has 0 saturated heterocycles. The lowest BCUT2D eigenvalue weighted by molar-refractivity contribution is 0.398. The van der Waals surface area contributed by atoms with E-state index in [4.69, 9.17) is 22.1 Å². The van der Waals surface area contributed by atoms with Crippen LogP contribution < -0.4 is 15.4 Å². The van der Waals surface area contributed by atoms with Crippen LogP contribution in [-0.4, -0.2) is 19.1 Å². The van der Waals surface area contributed by atoms with Crippen molar-refractivity contribution in [1.82, 2.24) is 4.98 Å². The molecular formula is C14H16ClN3O. The lowest BCUT2D eigenvalue weighted by Gasteiger charge is -2.20. The van der Waals surface area contributed by atoms with E-state index in [0.29, 0.717) is 23.1 Å². The summed E-state index contributed by atoms with van der Waals surface area (Å²) in [5.74, 6) is 0.586. The molecule has 19 heavy (non-hydrogen) atoms. The molecule has 1 heterocycles. The smallest absolute Gasteiger partial charge is 0.214 e. The van der Waals surface area contributed by atoms with Crippen molar-refractivity contribution in [3.05, 3.63) is 47.1 Å². The molecule has 2 rings (SSSR count). The Balaban J connectivity index is 2.20. The van der Waals surface area contributed by atoms with Gasteiger partial charge >= 0.3 is 0 Å². The van der Waals surface area contributed by atoms with Crippen LogP contribution in [0.25, 0.3) is 0 Å². The maximum Gasteiger partial charge on any atom is 0.214 e. The number of pyridine rings is 1. The van der Waals surface area contributed by atoms with Gasteiger partial charge in [0, 0.05) is 42.3 Å². The monoisotopic (exact) mass is 277 g/mol. The zero-order valence-electron chi connectivity index (χ0n) is 10.9. The lowest BCUT2D eigenvalue weighted by Crippen LogP contribution is -2.16. The van der Waals surface area contributed by atoms with Crippen molar-refractivity contribution in [2.24, 2.45) is 0 Å². The second-order valence-corrected chi connectivity index (χ2v) is 4.67. The van der Waals surface area contributed by atoms with Gasteiger partial charge in [-0.25, -0.2) is 4.98 Å². The van der Waals surface area contributed by atoms with Crippen molar-refractivity contribution in [2.75, 3.05) is 24.8 Å². The van der Waals surface area contributed by atoms with Gasteiger partial charge in [0.2, 0.25) is 5.88 Å². The van der Waals surface area contributed by atoms with Gasteiger partial charge in [-0.1, -0.05) is 11.6 Å². The number of benzene rings is 1. The standard InChI is InChI=1S/C14H16ClN3O/c1-18(12-5-6-17-14(8-12)19-2)9-10-7-11(16)3-4-13(10)15/h3-8H,9,16H2,1-2H3. The van der Waals surface area contributed by atoms with Crippen molar-refractivity contribution < 1.29 is 4.74 Å². The Morgan fingerprint density at radius 1 is 1.32 bits per heavy atom. The SMILES string of the molecule is COc1cc(N(C)Cc2cc(N)ccc2Cl)ccn1. The minimum absolute atomic E-state index is 0.586. The second kappa shape index (κ2) is 5.80. The topological polar surface area (TPSA) is 51.4 Å². The van der Waals surface area contributed by atoms with Crippen LogP contribution in [0.15, 0.2) is 36.5 Å². The number of nitrogen functional groups attached to an aromatic ring is 1. The largest absolute Gasteiger partial charge is 0.481 e. The minimum atomic E-state index is 0.586. The van der Waals surface area contributed by atoms with Crippen molar-refractivity contribution in [1.29, 1.82) is 0 Å². The summed E-state index contributed by atoms with van der Waals surface area (Å²) >= 11 is 6.17. The third-order valence-corrected chi connectivity index (χ3v) is 3.21. The number of halogens is 1. The highest BCUT2D eigenvalue weighted by Gasteiger charge is 2.07. The van der Waals surface area contributed by atoms with Gasteiger partial charge in [-0.3, -0.25) is 0 Å². The van der Waals surface area contributed by atoms with Gasteiger partial charge in [0.15, 0.2) is 0 Å². The molecule has 0 aliphatic heterocycles. The highest BCUT2D eigenvalue weighted by atomic mass is 35.5. The summed E-state index contributed by atoms with van der Waals surface area (Å²) in [5.41, 5.74) is 8.48. The molecule has 0 fully saturated rings. The molecule has 0 aliphatic carbocycles. The maximum absolute atomic E-state index is 6.17. The normalized spacial score (nSPS) is 10.3. The molecule has 4 nitrogen and oxygen atoms in total. The first-order chi connectivity index (χ1) is 9.10. The number of hydrogen-bond donors (Lipinski definition) is 1. The van der Waals surface area contributed by atoms with Crippen LogP contribution in [-0.2, 0) is 6.54 Å². The maximum atomic E-state index is 6.17. The summed E-state index contributed by atoms with van der Waals surface area (Å²) in [5, 5.41) is 0.710. The second-order valence-electron chi connectivity index (χ2n) is 4.26. The molecule has 0 atom stereocenters. The zero-order chi connectivity index (χ0) is 13.8. The number of nitrogens with two attached hydrogens (primary N) is 1. The third-order valence-electron chi connectivity index (χ3n) is 2.85. The molecule has 1 aromatic carbocycles. The van der Waals surface area contributed by atoms with E-state index in [0.717, 1.165) is 11.3 Å². The predicted molar refractivity (Wildman–Crippen MR) is 78.8 cm³/mol. The highest BCUT2D eigenvalue weighted by Crippen LogP contribution is 2.24. The fourth-order valence-electron chi connectivity index (χ4n) is 1.81. The average molecular weight is 278 g/mol. The van der Waals surface area contributed by atoms with E-state index in [1.807, 2.05) is 31.3 Å². The van der Waals surface area contributed by atoms with Crippen LogP contribution in [0.2, 0.25) is 5.02 Å². The van der Waals surface area contributed by atoms with Crippen LogP contribution in [0.1, 0.15) is 5.56 Å². The highest BCUT2D eigenvalue weighted by molar-refractivity contribution is 6.31. The Morgan fingerprint density at radius 3 is 2.84 bits per heavy atom. The summed E-state index contributed by atoms with van der Waals surface area (Å²) in [7, 11) is 3.58. The molecule has 2 aromatic rings. The van der Waals surface area contributed by atoms with Crippen LogP contribution >= 0.6 is 11.6 Å². The number of hydrogen-bond acceptors (Lipinski definition) is 4. The number of anilines is 2. The predicted octanol–water partition coefficient (Wildman–Crippen LogP) is 2.96. The van der Waals surface area contributed by atoms with Crippen LogP contribution in [0.3, 0.4) is 0 Å². The summed E-state index contributed by atoms with van der Waals surface area (Å²) in [6.45, 7) is 0.664. The van der Waals surface area contributed by atoms with Gasteiger partial charge < -0.3 is 15.4 Å². The summed E-state index contributed by atoms with van der Waals surface area (Å²) in [6.07, 6.45) is 1.71. The zero-order valence-corrected chi connectivity index (χ0v) is 11.7. The minimum Gasteiger partial charge on any atom is -0.481 e. The molecule has 1 aromatic heterocycles. The fourth-order valence-corrected chi connectivity index (χ4v) is 1.99. The lowest BCUT2D eigenvalue weighted by atomic mass is 10.2. The first-order valence-electron chi connectivity index (χ1n) is 5.85. The van der Waals surface area contributed by atoms with E-state index in [9.17, 15) is 0 Å². The Kier molecular flexibility index (Phi) is 4.12. The van der Waals surface area contributed by atoms with E-state index in [2.05, 4.69) is 9.88 Å². The van der Waals surface area contributed by atoms with E-state index in [-0.39, 0.29) is 0 Å². The Bertz CT molecular complexity index is 574. The van der Waals surface area contributed by atoms with Gasteiger partial charge in [-0.2, -0.15) is 0 Å². The first kappa shape index (κ1) is 13.5. The summed E-state index contributed by atoms with van der Waals surface area (Å²) in [6, 6.07) is 9.29. The molecule has 0 unspecified atom stereocenters. The molecule has 100 valence electrons. The van der Waals surface area contributed by atoms with Crippen molar-refractivity contribution in [3.8, 4) is 5.88 Å². The van der Waals surface area contributed by atoms with Crippen LogP contribution in [0, 0.1) is 0 Å². The number of ether oxygens (including phenoxy) is 1. The Labute approximate surface area is 117 Å². The van der Waals surface area contributed by atoms with Gasteiger partial charge in [-0.15, -0.1) is 0 Å². The van der Waals surface area contributed by atoms with E-state index in [1.54, 1.807) is 19.4 Å². The average Bonchev–Trinajstić information content (AvgIpc) is 2.43. The fraction of sp³-hybridized carbons (Fsp3) is 0.214. The molecule has 0 amide bonds. The molecular weight excluding hydrogens is 262 g/mol. The quantitative estimate of drug-likeness (QED) is 0.873. The third kappa shape index (κ3) is 3.29. The van der Waals surface area contributed by atoms with Crippen LogP contribution in [0.4, 0.5) is 11.4 Å². The van der Waals surface area contributed by atoms with Gasteiger partial charge in [0.05, 0.1) is 7.11 Å². The van der Waals surface area contributed by atoms with E-state index >= 15 is 0 Å². The molecule has 2 N–H and O–H groups in total. The van der Waals surface area contributed by atoms with Gasteiger partial charge in [0.25, 0.3) is 0 Å². The summed E-state index contributed by atoms with van der Waals surface area (Å²) in [4.78, 5) is 6.14. The first-order valence-corrected chi connectivity index (χ1v) is 6.23. The molecule has 0 radical (unpaired) electrons. The van der Waals surface area contributed by atoms with Crippen molar-refractivity contribution in [3.63, 3.8) is 0 Å². The number of methoxy groups -OCH3 is 1. The van der Waals surface area contributed by atoms with Crippen molar-refractivity contribution >= 4 is 23.0 Å². The van der Waals surface area contributed by atoms with E-state index < -0.39 is 0 Å². The Hall–Kier alpha value is -1.94. The number of rotatable bonds is 4. The van der Waals surface area contributed by atoms with Crippen LogP contribution in [0.5, 0.6) is 5.88 Å². The number of aromatic nitrogens is 1. The van der Waals surface area contributed by atoms with Gasteiger partial charge in [-0.05, 0) is 29.8 Å². The molecule has 0 aliphatic rings. The summed E-state index contributed by atoms with van der Waals surface area (Å²) < 4.78 is 5.11. The molecule has 0 spiro atoms. The van der Waals surface area contributed by atoms with E-state index in [1.165, 1.54) is 0 Å². The molecule has 5 heteroatoms. The van der Waals surface area contributed by atoms with Crippen molar-refractivity contribution in [2.45, 2.75) is 6.54 Å².